The summed E-state index contributed by atoms with van der Waals surface area (Å²) in [4.78, 5) is 30.6. The van der Waals surface area contributed by atoms with Crippen LogP contribution < -0.4 is 5.56 Å². The van der Waals surface area contributed by atoms with Crippen LogP contribution in [0.2, 0.25) is 0 Å². The summed E-state index contributed by atoms with van der Waals surface area (Å²) in [6.45, 7) is 2.20. The third-order valence-corrected chi connectivity index (χ3v) is 5.13. The Morgan fingerprint density at radius 2 is 2.04 bits per heavy atom. The van der Waals surface area contributed by atoms with Crippen LogP contribution in [0.1, 0.15) is 23.2 Å². The summed E-state index contributed by atoms with van der Waals surface area (Å²) >= 11 is 1.48. The molecule has 27 heavy (non-hydrogen) atoms. The lowest BCUT2D eigenvalue weighted by atomic mass is 10.2. The molecule has 0 unspecified atom stereocenters. The molecule has 0 saturated heterocycles. The van der Waals surface area contributed by atoms with Crippen LogP contribution in [0.4, 0.5) is 0 Å². The van der Waals surface area contributed by atoms with Crippen molar-refractivity contribution in [3.63, 3.8) is 0 Å². The van der Waals surface area contributed by atoms with Gasteiger partial charge in [0.25, 0.3) is 5.56 Å². The van der Waals surface area contributed by atoms with Crippen LogP contribution in [0.5, 0.6) is 0 Å². The summed E-state index contributed by atoms with van der Waals surface area (Å²) in [5.74, 6) is 0.0886. The first-order valence-corrected chi connectivity index (χ1v) is 9.27. The Kier molecular flexibility index (Phi) is 4.60. The van der Waals surface area contributed by atoms with Gasteiger partial charge < -0.3 is 9.15 Å². The van der Waals surface area contributed by atoms with Gasteiger partial charge in [-0.3, -0.25) is 9.36 Å². The van der Waals surface area contributed by atoms with E-state index < -0.39 is 5.97 Å². The molecule has 6 nitrogen and oxygen atoms in total. The van der Waals surface area contributed by atoms with E-state index in [1.807, 2.05) is 36.4 Å². The fourth-order valence-electron chi connectivity index (χ4n) is 2.76. The summed E-state index contributed by atoms with van der Waals surface area (Å²) in [6.07, 6.45) is 1.50. The molecule has 0 saturated carbocycles. The Morgan fingerprint density at radius 1 is 1.22 bits per heavy atom. The van der Waals surface area contributed by atoms with E-state index in [-0.39, 0.29) is 24.5 Å². The molecule has 0 bridgehead atoms. The van der Waals surface area contributed by atoms with E-state index >= 15 is 0 Å². The molecule has 4 aromatic rings. The topological polar surface area (TPSA) is 74.3 Å². The Balaban J connectivity index is 1.64. The molecule has 136 valence electrons. The number of thiophene rings is 1. The lowest BCUT2D eigenvalue weighted by Gasteiger charge is -2.02. The van der Waals surface area contributed by atoms with Crippen LogP contribution in [0.3, 0.4) is 0 Å². The average molecular weight is 380 g/mol. The number of rotatable bonds is 5. The van der Waals surface area contributed by atoms with Crippen molar-refractivity contribution in [1.29, 1.82) is 0 Å². The van der Waals surface area contributed by atoms with E-state index in [0.717, 1.165) is 10.4 Å². The van der Waals surface area contributed by atoms with Crippen molar-refractivity contribution in [1.82, 2.24) is 9.55 Å². The SMILES string of the molecule is CCOC(=O)c1ccc(Cn2cnc3sc(-c4ccccc4)cc3c2=O)o1. The Hall–Kier alpha value is -3.19. The van der Waals surface area contributed by atoms with Crippen LogP contribution >= 0.6 is 11.3 Å². The lowest BCUT2D eigenvalue weighted by Crippen LogP contribution is -2.20. The van der Waals surface area contributed by atoms with Gasteiger partial charge in [-0.2, -0.15) is 0 Å². The Morgan fingerprint density at radius 3 is 2.81 bits per heavy atom. The van der Waals surface area contributed by atoms with Gasteiger partial charge in [-0.05, 0) is 30.7 Å². The standard InChI is InChI=1S/C20H16N2O4S/c1-2-25-20(24)16-9-8-14(26-16)11-22-12-21-18-15(19(22)23)10-17(27-18)13-6-4-3-5-7-13/h3-10,12H,2,11H2,1H3. The summed E-state index contributed by atoms with van der Waals surface area (Å²) in [6, 6.07) is 15.0. The van der Waals surface area contributed by atoms with Gasteiger partial charge >= 0.3 is 5.97 Å². The van der Waals surface area contributed by atoms with Crippen molar-refractivity contribution < 1.29 is 13.9 Å². The molecule has 3 heterocycles. The molecule has 0 N–H and O–H groups in total. The number of fused-ring (bicyclic) bond motifs is 1. The van der Waals surface area contributed by atoms with Gasteiger partial charge in [0.2, 0.25) is 5.76 Å². The molecular weight excluding hydrogens is 364 g/mol. The smallest absolute Gasteiger partial charge is 0.374 e. The molecule has 0 fully saturated rings. The second-order valence-electron chi connectivity index (χ2n) is 5.86. The third kappa shape index (κ3) is 3.41. The van der Waals surface area contributed by atoms with E-state index in [1.54, 1.807) is 19.1 Å². The number of carbonyl (C=O) groups is 1. The molecule has 0 radical (unpaired) electrons. The summed E-state index contributed by atoms with van der Waals surface area (Å²) in [7, 11) is 0. The molecular formula is C20H16N2O4S. The first-order valence-electron chi connectivity index (χ1n) is 8.46. The quantitative estimate of drug-likeness (QED) is 0.490. The molecule has 0 spiro atoms. The van der Waals surface area contributed by atoms with E-state index in [1.165, 1.54) is 22.2 Å². The fraction of sp³-hybridized carbons (Fsp3) is 0.150. The normalized spacial score (nSPS) is 11.0. The van der Waals surface area contributed by atoms with Crippen molar-refractivity contribution >= 4 is 27.5 Å². The molecule has 0 atom stereocenters. The first kappa shape index (κ1) is 17.2. The van der Waals surface area contributed by atoms with Crippen molar-refractivity contribution in [2.45, 2.75) is 13.5 Å². The van der Waals surface area contributed by atoms with Gasteiger partial charge in [0.1, 0.15) is 10.6 Å². The van der Waals surface area contributed by atoms with Crippen LogP contribution in [0.25, 0.3) is 20.7 Å². The molecule has 1 aromatic carbocycles. The highest BCUT2D eigenvalue weighted by Crippen LogP contribution is 2.30. The highest BCUT2D eigenvalue weighted by Gasteiger charge is 2.14. The highest BCUT2D eigenvalue weighted by molar-refractivity contribution is 7.21. The Labute approximate surface area is 158 Å². The molecule has 0 aliphatic carbocycles. The maximum absolute atomic E-state index is 12.8. The number of furan rings is 1. The van der Waals surface area contributed by atoms with Gasteiger partial charge in [0.05, 0.1) is 24.9 Å². The zero-order valence-corrected chi connectivity index (χ0v) is 15.4. The molecule has 0 aliphatic heterocycles. The number of nitrogens with zero attached hydrogens (tertiary/aromatic N) is 2. The van der Waals surface area contributed by atoms with Crippen molar-refractivity contribution in [2.24, 2.45) is 0 Å². The van der Waals surface area contributed by atoms with Crippen molar-refractivity contribution in [3.05, 3.63) is 76.7 Å². The predicted octanol–water partition coefficient (Wildman–Crippen LogP) is 3.94. The molecule has 3 aromatic heterocycles. The zero-order valence-electron chi connectivity index (χ0n) is 14.5. The van der Waals surface area contributed by atoms with Gasteiger partial charge in [0, 0.05) is 4.88 Å². The minimum Gasteiger partial charge on any atom is -0.460 e. The monoisotopic (exact) mass is 380 g/mol. The average Bonchev–Trinajstić information content (AvgIpc) is 3.33. The van der Waals surface area contributed by atoms with Crippen LogP contribution in [0.15, 0.2) is 64.1 Å². The molecule has 0 amide bonds. The number of aromatic nitrogens is 2. The minimum absolute atomic E-state index is 0.121. The van der Waals surface area contributed by atoms with Gasteiger partial charge in [-0.15, -0.1) is 11.3 Å². The van der Waals surface area contributed by atoms with E-state index in [2.05, 4.69) is 4.98 Å². The number of carbonyl (C=O) groups excluding carboxylic acids is 1. The third-order valence-electron chi connectivity index (χ3n) is 4.04. The maximum atomic E-state index is 12.8. The fourth-order valence-corrected chi connectivity index (χ4v) is 3.75. The number of ether oxygens (including phenoxy) is 1. The second-order valence-corrected chi connectivity index (χ2v) is 6.89. The van der Waals surface area contributed by atoms with Crippen molar-refractivity contribution in [3.8, 4) is 10.4 Å². The number of hydrogen-bond acceptors (Lipinski definition) is 6. The Bertz CT molecular complexity index is 1160. The predicted molar refractivity (Wildman–Crippen MR) is 103 cm³/mol. The molecule has 4 rings (SSSR count). The summed E-state index contributed by atoms with van der Waals surface area (Å²) in [5.41, 5.74) is 0.907. The second kappa shape index (κ2) is 7.20. The van der Waals surface area contributed by atoms with Gasteiger partial charge in [-0.25, -0.2) is 9.78 Å². The highest BCUT2D eigenvalue weighted by atomic mass is 32.1. The van der Waals surface area contributed by atoms with Crippen LogP contribution in [-0.4, -0.2) is 22.1 Å². The molecule has 0 aliphatic rings. The minimum atomic E-state index is -0.519. The van der Waals surface area contributed by atoms with Crippen LogP contribution in [-0.2, 0) is 11.3 Å². The molecule has 7 heteroatoms. The van der Waals surface area contributed by atoms with E-state index in [4.69, 9.17) is 9.15 Å². The summed E-state index contributed by atoms with van der Waals surface area (Å²) < 4.78 is 11.9. The summed E-state index contributed by atoms with van der Waals surface area (Å²) in [5, 5.41) is 0.568. The van der Waals surface area contributed by atoms with E-state index in [0.29, 0.717) is 16.0 Å². The number of esters is 1. The number of hydrogen-bond donors (Lipinski definition) is 0. The van der Waals surface area contributed by atoms with Crippen molar-refractivity contribution in [2.75, 3.05) is 6.61 Å². The maximum Gasteiger partial charge on any atom is 0.374 e. The van der Waals surface area contributed by atoms with Gasteiger partial charge in [-0.1, -0.05) is 30.3 Å². The van der Waals surface area contributed by atoms with E-state index in [9.17, 15) is 9.59 Å². The largest absolute Gasteiger partial charge is 0.460 e. The lowest BCUT2D eigenvalue weighted by molar-refractivity contribution is 0.0488. The van der Waals surface area contributed by atoms with Crippen LogP contribution in [0, 0.1) is 0 Å². The number of benzene rings is 1. The van der Waals surface area contributed by atoms with Gasteiger partial charge in [0.15, 0.2) is 0 Å². The first-order chi connectivity index (χ1) is 13.2. The zero-order chi connectivity index (χ0) is 18.8.